The van der Waals surface area contributed by atoms with E-state index in [1.54, 1.807) is 20.8 Å². The van der Waals surface area contributed by atoms with E-state index in [9.17, 15) is 26.7 Å². The van der Waals surface area contributed by atoms with Crippen LogP contribution in [0, 0.1) is 11.8 Å². The largest absolute Gasteiger partial charge is 0.390 e. The zero-order valence-electron chi connectivity index (χ0n) is 21.3. The molecular formula is C23H41N3O6S2. The van der Waals surface area contributed by atoms with Crippen molar-refractivity contribution in [3.63, 3.8) is 0 Å². The van der Waals surface area contributed by atoms with Gasteiger partial charge in [-0.15, -0.1) is 0 Å². The van der Waals surface area contributed by atoms with Crippen molar-refractivity contribution >= 4 is 26.0 Å². The standard InChI is InChI=1S/C23H41N3O6S2/c1-17(2)14-26(34(31,32)25-23(4,5)6)15-21(27)20(13-19-11-9-8-10-12-19)24-22(28)18(3)16-33(7,29)30/h8-12,17-18,20-21,25,27H,13-16H2,1-7H3,(H,24,28)/t18-,20?,21-/m1/s1. The summed E-state index contributed by atoms with van der Waals surface area (Å²) in [6.07, 6.45) is 0.0795. The van der Waals surface area contributed by atoms with Gasteiger partial charge in [0, 0.05) is 30.8 Å². The molecule has 0 aromatic heterocycles. The van der Waals surface area contributed by atoms with Crippen molar-refractivity contribution in [2.75, 3.05) is 25.1 Å². The minimum atomic E-state index is -3.91. The Kier molecular flexibility index (Phi) is 11.2. The molecule has 0 aliphatic heterocycles. The Morgan fingerprint density at radius 3 is 2.06 bits per heavy atom. The van der Waals surface area contributed by atoms with Crippen molar-refractivity contribution in [1.82, 2.24) is 14.3 Å². The van der Waals surface area contributed by atoms with Gasteiger partial charge in [-0.05, 0) is 38.7 Å². The highest BCUT2D eigenvalue weighted by Gasteiger charge is 2.33. The monoisotopic (exact) mass is 519 g/mol. The molecule has 1 rings (SSSR count). The van der Waals surface area contributed by atoms with Crippen LogP contribution < -0.4 is 10.0 Å². The number of hydrogen-bond donors (Lipinski definition) is 3. The molecule has 0 aliphatic rings. The highest BCUT2D eigenvalue weighted by Crippen LogP contribution is 2.14. The number of nitrogens with zero attached hydrogens (tertiary/aromatic N) is 1. The lowest BCUT2D eigenvalue weighted by atomic mass is 10.00. The van der Waals surface area contributed by atoms with Crippen LogP contribution in [0.5, 0.6) is 0 Å². The van der Waals surface area contributed by atoms with Crippen molar-refractivity contribution in [1.29, 1.82) is 0 Å². The maximum Gasteiger partial charge on any atom is 0.280 e. The zero-order chi connectivity index (χ0) is 26.3. The average molecular weight is 520 g/mol. The topological polar surface area (TPSA) is 133 Å². The Hall–Kier alpha value is -1.53. The molecule has 1 aromatic carbocycles. The zero-order valence-corrected chi connectivity index (χ0v) is 22.9. The van der Waals surface area contributed by atoms with Gasteiger partial charge in [-0.25, -0.2) is 8.42 Å². The summed E-state index contributed by atoms with van der Waals surface area (Å²) >= 11 is 0. The SMILES string of the molecule is CC(C)CN(C[C@@H](O)C(Cc1ccccc1)NC(=O)[C@H](C)CS(C)(=O)=O)S(=O)(=O)NC(C)(C)C. The van der Waals surface area contributed by atoms with Gasteiger partial charge in [-0.2, -0.15) is 17.4 Å². The van der Waals surface area contributed by atoms with E-state index in [1.807, 2.05) is 44.2 Å². The summed E-state index contributed by atoms with van der Waals surface area (Å²) < 4.78 is 53.1. The van der Waals surface area contributed by atoms with E-state index >= 15 is 0 Å². The molecule has 196 valence electrons. The van der Waals surface area contributed by atoms with Gasteiger partial charge in [-0.3, -0.25) is 4.79 Å². The first kappa shape index (κ1) is 30.5. The summed E-state index contributed by atoms with van der Waals surface area (Å²) in [5.41, 5.74) is 0.131. The molecule has 0 heterocycles. The average Bonchev–Trinajstić information content (AvgIpc) is 2.64. The number of amides is 1. The second-order valence-corrected chi connectivity index (χ2v) is 14.3. The molecule has 3 N–H and O–H groups in total. The Morgan fingerprint density at radius 1 is 1.03 bits per heavy atom. The fourth-order valence-electron chi connectivity index (χ4n) is 3.47. The minimum Gasteiger partial charge on any atom is -0.390 e. The summed E-state index contributed by atoms with van der Waals surface area (Å²) in [5.74, 6) is -1.66. The predicted molar refractivity (Wildman–Crippen MR) is 135 cm³/mol. The third-order valence-electron chi connectivity index (χ3n) is 4.83. The molecule has 1 aromatic rings. The van der Waals surface area contributed by atoms with Crippen LogP contribution in [0.2, 0.25) is 0 Å². The number of sulfone groups is 1. The van der Waals surface area contributed by atoms with Crippen LogP contribution in [0.15, 0.2) is 30.3 Å². The van der Waals surface area contributed by atoms with Crippen LogP contribution in [0.1, 0.15) is 47.1 Å². The third-order valence-corrected chi connectivity index (χ3v) is 7.78. The van der Waals surface area contributed by atoms with Gasteiger partial charge in [0.25, 0.3) is 10.2 Å². The van der Waals surface area contributed by atoms with Crippen molar-refractivity contribution in [2.45, 2.75) is 65.6 Å². The molecule has 9 nitrogen and oxygen atoms in total. The van der Waals surface area contributed by atoms with Crippen LogP contribution >= 0.6 is 0 Å². The van der Waals surface area contributed by atoms with Crippen molar-refractivity contribution in [2.24, 2.45) is 11.8 Å². The molecule has 0 saturated heterocycles. The molecule has 1 unspecified atom stereocenters. The first-order chi connectivity index (χ1) is 15.4. The Bertz CT molecular complexity index is 989. The van der Waals surface area contributed by atoms with E-state index < -0.39 is 49.6 Å². The van der Waals surface area contributed by atoms with Gasteiger partial charge in [0.05, 0.1) is 17.9 Å². The lowest BCUT2D eigenvalue weighted by Crippen LogP contribution is -2.55. The van der Waals surface area contributed by atoms with Crippen LogP contribution in [0.25, 0.3) is 0 Å². The van der Waals surface area contributed by atoms with Gasteiger partial charge in [0.1, 0.15) is 9.84 Å². The van der Waals surface area contributed by atoms with Crippen LogP contribution in [-0.2, 0) is 31.3 Å². The number of carbonyl (C=O) groups excluding carboxylic acids is 1. The molecule has 1 amide bonds. The number of aliphatic hydroxyl groups is 1. The minimum absolute atomic E-state index is 0.000640. The molecule has 0 bridgehead atoms. The molecular weight excluding hydrogens is 478 g/mol. The van der Waals surface area contributed by atoms with E-state index in [2.05, 4.69) is 10.0 Å². The van der Waals surface area contributed by atoms with Gasteiger partial charge < -0.3 is 10.4 Å². The predicted octanol–water partition coefficient (Wildman–Crippen LogP) is 1.35. The highest BCUT2D eigenvalue weighted by atomic mass is 32.2. The first-order valence-electron chi connectivity index (χ1n) is 11.4. The molecule has 0 saturated carbocycles. The molecule has 34 heavy (non-hydrogen) atoms. The van der Waals surface area contributed by atoms with E-state index in [-0.39, 0.29) is 31.2 Å². The third kappa shape index (κ3) is 11.7. The Morgan fingerprint density at radius 2 is 1.59 bits per heavy atom. The lowest BCUT2D eigenvalue weighted by molar-refractivity contribution is -0.125. The summed E-state index contributed by atoms with van der Waals surface area (Å²) in [4.78, 5) is 12.7. The molecule has 0 spiro atoms. The maximum atomic E-state index is 13.0. The van der Waals surface area contributed by atoms with Gasteiger partial charge in [0.2, 0.25) is 5.91 Å². The summed E-state index contributed by atoms with van der Waals surface area (Å²) in [6.45, 7) is 10.4. The van der Waals surface area contributed by atoms with E-state index in [4.69, 9.17) is 0 Å². The fourth-order valence-corrected chi connectivity index (χ4v) is 6.28. The second-order valence-electron chi connectivity index (χ2n) is 10.4. The Labute approximate surface area is 205 Å². The number of rotatable bonds is 13. The van der Waals surface area contributed by atoms with Crippen LogP contribution in [0.3, 0.4) is 0 Å². The molecule has 3 atom stereocenters. The quantitative estimate of drug-likeness (QED) is 0.360. The second kappa shape index (κ2) is 12.4. The smallest absolute Gasteiger partial charge is 0.280 e. The number of nitrogens with one attached hydrogen (secondary N) is 2. The fraction of sp³-hybridized carbons (Fsp3) is 0.696. The lowest BCUT2D eigenvalue weighted by Gasteiger charge is -2.33. The van der Waals surface area contributed by atoms with E-state index in [1.165, 1.54) is 11.2 Å². The molecule has 0 fully saturated rings. The van der Waals surface area contributed by atoms with Gasteiger partial charge in [0.15, 0.2) is 0 Å². The molecule has 0 aliphatic carbocycles. The molecule has 11 heteroatoms. The first-order valence-corrected chi connectivity index (χ1v) is 14.9. The Balaban J connectivity index is 3.18. The van der Waals surface area contributed by atoms with Crippen LogP contribution in [0.4, 0.5) is 0 Å². The maximum absolute atomic E-state index is 13.0. The number of hydrogen-bond acceptors (Lipinski definition) is 6. The van der Waals surface area contributed by atoms with E-state index in [0.717, 1.165) is 11.8 Å². The summed E-state index contributed by atoms with van der Waals surface area (Å²) in [6, 6.07) is 8.37. The van der Waals surface area contributed by atoms with Crippen molar-refractivity contribution in [3.05, 3.63) is 35.9 Å². The van der Waals surface area contributed by atoms with Crippen molar-refractivity contribution in [3.8, 4) is 0 Å². The van der Waals surface area contributed by atoms with Crippen LogP contribution in [-0.4, -0.2) is 74.9 Å². The normalized spacial score (nSPS) is 15.8. The van der Waals surface area contributed by atoms with Gasteiger partial charge in [-0.1, -0.05) is 51.1 Å². The van der Waals surface area contributed by atoms with Gasteiger partial charge >= 0.3 is 0 Å². The number of aliphatic hydroxyl groups excluding tert-OH is 1. The van der Waals surface area contributed by atoms with Crippen molar-refractivity contribution < 1.29 is 26.7 Å². The summed E-state index contributed by atoms with van der Waals surface area (Å²) in [7, 11) is -7.29. The highest BCUT2D eigenvalue weighted by molar-refractivity contribution is 7.90. The van der Waals surface area contributed by atoms with E-state index in [0.29, 0.717) is 0 Å². The number of carbonyl (C=O) groups is 1. The summed E-state index contributed by atoms with van der Waals surface area (Å²) in [5, 5.41) is 13.9. The number of benzene rings is 1. The molecule has 0 radical (unpaired) electrons.